The summed E-state index contributed by atoms with van der Waals surface area (Å²) in [5, 5.41) is 2.69. The minimum atomic E-state index is -0.528. The van der Waals surface area contributed by atoms with Crippen LogP contribution in [-0.2, 0) is 9.47 Å². The van der Waals surface area contributed by atoms with Gasteiger partial charge in [-0.2, -0.15) is 0 Å². The molecule has 0 saturated carbocycles. The highest BCUT2D eigenvalue weighted by molar-refractivity contribution is 6.08. The summed E-state index contributed by atoms with van der Waals surface area (Å²) in [4.78, 5) is 36.3. The second-order valence-corrected chi connectivity index (χ2v) is 5.56. The SMILES string of the molecule is CCCCOC(=O)c1ccccc1NC(=O)c1cccc(C(=O)OC)c1. The normalized spacial score (nSPS) is 10.1. The second kappa shape index (κ2) is 9.36. The van der Waals surface area contributed by atoms with Crippen molar-refractivity contribution < 1.29 is 23.9 Å². The quantitative estimate of drug-likeness (QED) is 0.605. The first-order valence-corrected chi connectivity index (χ1v) is 8.32. The number of rotatable bonds is 7. The first kappa shape index (κ1) is 19.2. The summed E-state index contributed by atoms with van der Waals surface area (Å²) < 4.78 is 9.86. The summed E-state index contributed by atoms with van der Waals surface area (Å²) in [6.07, 6.45) is 1.70. The van der Waals surface area contributed by atoms with Gasteiger partial charge in [-0.05, 0) is 36.8 Å². The zero-order valence-corrected chi connectivity index (χ0v) is 14.8. The van der Waals surface area contributed by atoms with E-state index in [1.54, 1.807) is 42.5 Å². The molecule has 6 nitrogen and oxygen atoms in total. The molecule has 1 amide bonds. The summed E-state index contributed by atoms with van der Waals surface area (Å²) in [6.45, 7) is 2.34. The van der Waals surface area contributed by atoms with Crippen molar-refractivity contribution in [3.8, 4) is 0 Å². The Balaban J connectivity index is 2.17. The van der Waals surface area contributed by atoms with Crippen molar-refractivity contribution in [1.82, 2.24) is 0 Å². The molecule has 0 atom stereocenters. The highest BCUT2D eigenvalue weighted by atomic mass is 16.5. The van der Waals surface area contributed by atoms with E-state index in [-0.39, 0.29) is 16.7 Å². The number of hydrogen-bond acceptors (Lipinski definition) is 5. The number of methoxy groups -OCH3 is 1. The van der Waals surface area contributed by atoms with Crippen molar-refractivity contribution >= 4 is 23.5 Å². The molecule has 0 aromatic heterocycles. The predicted octanol–water partition coefficient (Wildman–Crippen LogP) is 3.68. The molecule has 1 N–H and O–H groups in total. The van der Waals surface area contributed by atoms with Crippen LogP contribution >= 0.6 is 0 Å². The second-order valence-electron chi connectivity index (χ2n) is 5.56. The number of anilines is 1. The molecule has 0 bridgehead atoms. The van der Waals surface area contributed by atoms with E-state index < -0.39 is 17.8 Å². The Labute approximate surface area is 152 Å². The monoisotopic (exact) mass is 355 g/mol. The van der Waals surface area contributed by atoms with Crippen molar-refractivity contribution in [2.75, 3.05) is 19.0 Å². The van der Waals surface area contributed by atoms with Crippen molar-refractivity contribution in [1.29, 1.82) is 0 Å². The number of benzene rings is 2. The van der Waals surface area contributed by atoms with Crippen molar-refractivity contribution in [2.24, 2.45) is 0 Å². The van der Waals surface area contributed by atoms with Crippen molar-refractivity contribution in [2.45, 2.75) is 19.8 Å². The number of unbranched alkanes of at least 4 members (excludes halogenated alkanes) is 1. The average Bonchev–Trinajstić information content (AvgIpc) is 2.68. The van der Waals surface area contributed by atoms with Gasteiger partial charge in [0.25, 0.3) is 5.91 Å². The Morgan fingerprint density at radius 3 is 2.42 bits per heavy atom. The zero-order chi connectivity index (χ0) is 18.9. The number of amides is 1. The molecule has 136 valence electrons. The standard InChI is InChI=1S/C20H21NO5/c1-3-4-12-26-20(24)16-10-5-6-11-17(16)21-18(22)14-8-7-9-15(13-14)19(23)25-2/h5-11,13H,3-4,12H2,1-2H3,(H,21,22). The van der Waals surface area contributed by atoms with Gasteiger partial charge in [-0.3, -0.25) is 4.79 Å². The summed E-state index contributed by atoms with van der Waals surface area (Å²) in [7, 11) is 1.27. The lowest BCUT2D eigenvalue weighted by Gasteiger charge is -2.11. The fourth-order valence-corrected chi connectivity index (χ4v) is 2.26. The fourth-order valence-electron chi connectivity index (χ4n) is 2.26. The molecule has 0 aliphatic rings. The maximum Gasteiger partial charge on any atom is 0.340 e. The minimum Gasteiger partial charge on any atom is -0.465 e. The lowest BCUT2D eigenvalue weighted by Crippen LogP contribution is -2.16. The van der Waals surface area contributed by atoms with Gasteiger partial charge in [-0.1, -0.05) is 31.5 Å². The van der Waals surface area contributed by atoms with E-state index in [1.165, 1.54) is 13.2 Å². The molecule has 0 saturated heterocycles. The van der Waals surface area contributed by atoms with E-state index in [0.717, 1.165) is 12.8 Å². The van der Waals surface area contributed by atoms with Gasteiger partial charge in [-0.25, -0.2) is 9.59 Å². The van der Waals surface area contributed by atoms with Crippen LogP contribution in [0.5, 0.6) is 0 Å². The predicted molar refractivity (Wildman–Crippen MR) is 97.4 cm³/mol. The highest BCUT2D eigenvalue weighted by Gasteiger charge is 2.16. The summed E-state index contributed by atoms with van der Waals surface area (Å²) in [6, 6.07) is 12.8. The van der Waals surface area contributed by atoms with Crippen LogP contribution < -0.4 is 5.32 Å². The third kappa shape index (κ3) is 4.92. The van der Waals surface area contributed by atoms with Gasteiger partial charge in [0.05, 0.1) is 30.5 Å². The highest BCUT2D eigenvalue weighted by Crippen LogP contribution is 2.18. The molecule has 2 aromatic rings. The maximum absolute atomic E-state index is 12.5. The molecule has 0 fully saturated rings. The van der Waals surface area contributed by atoms with E-state index in [2.05, 4.69) is 10.1 Å². The van der Waals surface area contributed by atoms with Crippen molar-refractivity contribution in [3.05, 3.63) is 65.2 Å². The van der Waals surface area contributed by atoms with E-state index in [0.29, 0.717) is 12.3 Å². The molecule has 2 rings (SSSR count). The number of carbonyl (C=O) groups is 3. The lowest BCUT2D eigenvalue weighted by molar-refractivity contribution is 0.0500. The molecule has 0 unspecified atom stereocenters. The average molecular weight is 355 g/mol. The summed E-state index contributed by atoms with van der Waals surface area (Å²) in [5.74, 6) is -1.46. The Morgan fingerprint density at radius 1 is 0.962 bits per heavy atom. The van der Waals surface area contributed by atoms with Crippen LogP contribution in [0.3, 0.4) is 0 Å². The molecule has 0 aliphatic carbocycles. The Bertz CT molecular complexity index is 800. The topological polar surface area (TPSA) is 81.7 Å². The first-order chi connectivity index (χ1) is 12.6. The lowest BCUT2D eigenvalue weighted by atomic mass is 10.1. The molecule has 0 aliphatic heterocycles. The third-order valence-corrected chi connectivity index (χ3v) is 3.67. The molecule has 6 heteroatoms. The molecular weight excluding hydrogens is 334 g/mol. The van der Waals surface area contributed by atoms with Gasteiger partial charge in [0, 0.05) is 5.56 Å². The Kier molecular flexibility index (Phi) is 6.91. The van der Waals surface area contributed by atoms with Crippen LogP contribution in [0.25, 0.3) is 0 Å². The number of esters is 2. The van der Waals surface area contributed by atoms with Crippen LogP contribution in [0, 0.1) is 0 Å². The summed E-state index contributed by atoms with van der Waals surface area (Å²) >= 11 is 0. The molecule has 0 radical (unpaired) electrons. The van der Waals surface area contributed by atoms with Crippen LogP contribution in [0.2, 0.25) is 0 Å². The number of nitrogens with one attached hydrogen (secondary N) is 1. The van der Waals surface area contributed by atoms with E-state index in [4.69, 9.17) is 4.74 Å². The summed E-state index contributed by atoms with van der Waals surface area (Å²) in [5.41, 5.74) is 1.18. The van der Waals surface area contributed by atoms with Crippen LogP contribution in [-0.4, -0.2) is 31.6 Å². The van der Waals surface area contributed by atoms with Gasteiger partial charge in [0.2, 0.25) is 0 Å². The Hall–Kier alpha value is -3.15. The van der Waals surface area contributed by atoms with Crippen molar-refractivity contribution in [3.63, 3.8) is 0 Å². The van der Waals surface area contributed by atoms with E-state index >= 15 is 0 Å². The number of para-hydroxylation sites is 1. The third-order valence-electron chi connectivity index (χ3n) is 3.67. The van der Waals surface area contributed by atoms with Crippen LogP contribution in [0.15, 0.2) is 48.5 Å². The molecule has 2 aromatic carbocycles. The van der Waals surface area contributed by atoms with E-state index in [9.17, 15) is 14.4 Å². The van der Waals surface area contributed by atoms with Gasteiger partial charge in [0.15, 0.2) is 0 Å². The van der Waals surface area contributed by atoms with Crippen LogP contribution in [0.1, 0.15) is 50.8 Å². The van der Waals surface area contributed by atoms with Gasteiger partial charge < -0.3 is 14.8 Å². The maximum atomic E-state index is 12.5. The van der Waals surface area contributed by atoms with Gasteiger partial charge >= 0.3 is 11.9 Å². The van der Waals surface area contributed by atoms with E-state index in [1.807, 2.05) is 6.92 Å². The molecule has 0 heterocycles. The molecule has 26 heavy (non-hydrogen) atoms. The fraction of sp³-hybridized carbons (Fsp3) is 0.250. The Morgan fingerprint density at radius 2 is 1.69 bits per heavy atom. The zero-order valence-electron chi connectivity index (χ0n) is 14.8. The van der Waals surface area contributed by atoms with Gasteiger partial charge in [0.1, 0.15) is 0 Å². The van der Waals surface area contributed by atoms with Crippen LogP contribution in [0.4, 0.5) is 5.69 Å². The van der Waals surface area contributed by atoms with Gasteiger partial charge in [-0.15, -0.1) is 0 Å². The number of hydrogen-bond donors (Lipinski definition) is 1. The number of ether oxygens (including phenoxy) is 2. The molecular formula is C20H21NO5. The molecule has 0 spiro atoms. The smallest absolute Gasteiger partial charge is 0.340 e. The minimum absolute atomic E-state index is 0.271. The largest absolute Gasteiger partial charge is 0.465 e. The number of carbonyl (C=O) groups excluding carboxylic acids is 3. The first-order valence-electron chi connectivity index (χ1n) is 8.32.